The first-order valence-electron chi connectivity index (χ1n) is 11.1. The van der Waals surface area contributed by atoms with E-state index in [4.69, 9.17) is 9.47 Å². The van der Waals surface area contributed by atoms with Crippen molar-refractivity contribution in [2.45, 2.75) is 65.5 Å². The molecule has 0 aromatic heterocycles. The molecule has 0 spiro atoms. The van der Waals surface area contributed by atoms with Crippen molar-refractivity contribution in [3.63, 3.8) is 0 Å². The van der Waals surface area contributed by atoms with Crippen LogP contribution in [0.5, 0.6) is 11.5 Å². The van der Waals surface area contributed by atoms with Gasteiger partial charge in [-0.3, -0.25) is 0 Å². The molecule has 0 unspecified atom stereocenters. The lowest BCUT2D eigenvalue weighted by Crippen LogP contribution is -2.21. The molecule has 2 rings (SSSR count). The summed E-state index contributed by atoms with van der Waals surface area (Å²) >= 11 is 0. The second kappa shape index (κ2) is 13.9. The smallest absolute Gasteiger partial charge is 0.121 e. The Morgan fingerprint density at radius 3 is 2.41 bits per heavy atom. The van der Waals surface area contributed by atoms with Crippen LogP contribution in [0.1, 0.15) is 58.4 Å². The standard InChI is InChI=1S/C25H38N2O2/c1-4-5-6-7-8-18-28-25-11-9-10-23(19-25)27-17-16-26-20-22-12-14-24(15-13-22)29-21(2)3/h9-15,19,21,26-27H,4-8,16-18,20H2,1-3H3. The number of nitrogens with one attached hydrogen (secondary N) is 2. The van der Waals surface area contributed by atoms with Gasteiger partial charge in [0.15, 0.2) is 0 Å². The van der Waals surface area contributed by atoms with Gasteiger partial charge in [0.05, 0.1) is 12.7 Å². The number of ether oxygens (including phenoxy) is 2. The van der Waals surface area contributed by atoms with Gasteiger partial charge in [-0.2, -0.15) is 0 Å². The molecule has 29 heavy (non-hydrogen) atoms. The van der Waals surface area contributed by atoms with Crippen molar-refractivity contribution in [3.8, 4) is 11.5 Å². The molecule has 2 aromatic rings. The molecule has 4 nitrogen and oxygen atoms in total. The monoisotopic (exact) mass is 398 g/mol. The number of hydrogen-bond acceptors (Lipinski definition) is 4. The van der Waals surface area contributed by atoms with E-state index in [1.165, 1.54) is 31.2 Å². The summed E-state index contributed by atoms with van der Waals surface area (Å²) < 4.78 is 11.6. The lowest BCUT2D eigenvalue weighted by atomic mass is 10.2. The fourth-order valence-electron chi connectivity index (χ4n) is 3.08. The molecule has 160 valence electrons. The fourth-order valence-corrected chi connectivity index (χ4v) is 3.08. The average molecular weight is 399 g/mol. The van der Waals surface area contributed by atoms with E-state index in [0.717, 1.165) is 49.8 Å². The van der Waals surface area contributed by atoms with Crippen LogP contribution in [0.2, 0.25) is 0 Å². The SMILES string of the molecule is CCCCCCCOc1cccc(NCCNCc2ccc(OC(C)C)cc2)c1. The molecule has 0 aliphatic carbocycles. The van der Waals surface area contributed by atoms with E-state index in [1.807, 2.05) is 38.1 Å². The third-order valence-corrected chi connectivity index (χ3v) is 4.61. The van der Waals surface area contributed by atoms with Crippen LogP contribution >= 0.6 is 0 Å². The number of anilines is 1. The molecule has 2 N–H and O–H groups in total. The lowest BCUT2D eigenvalue weighted by Gasteiger charge is -2.11. The van der Waals surface area contributed by atoms with Crippen LogP contribution in [0.15, 0.2) is 48.5 Å². The van der Waals surface area contributed by atoms with E-state index in [0.29, 0.717) is 0 Å². The van der Waals surface area contributed by atoms with Crippen molar-refractivity contribution >= 4 is 5.69 Å². The van der Waals surface area contributed by atoms with E-state index in [1.54, 1.807) is 0 Å². The van der Waals surface area contributed by atoms with Gasteiger partial charge < -0.3 is 20.1 Å². The zero-order valence-corrected chi connectivity index (χ0v) is 18.4. The number of hydrogen-bond donors (Lipinski definition) is 2. The van der Waals surface area contributed by atoms with E-state index < -0.39 is 0 Å². The van der Waals surface area contributed by atoms with Crippen LogP contribution in [-0.2, 0) is 6.54 Å². The highest BCUT2D eigenvalue weighted by Gasteiger charge is 1.99. The van der Waals surface area contributed by atoms with Crippen molar-refractivity contribution in [1.82, 2.24) is 5.32 Å². The quantitative estimate of drug-likeness (QED) is 0.360. The van der Waals surface area contributed by atoms with Gasteiger partial charge in [0.1, 0.15) is 11.5 Å². The molecule has 0 saturated carbocycles. The lowest BCUT2D eigenvalue weighted by molar-refractivity contribution is 0.242. The molecular formula is C25H38N2O2. The van der Waals surface area contributed by atoms with Gasteiger partial charge >= 0.3 is 0 Å². The largest absolute Gasteiger partial charge is 0.494 e. The molecule has 0 aliphatic rings. The van der Waals surface area contributed by atoms with Crippen molar-refractivity contribution in [3.05, 3.63) is 54.1 Å². The molecule has 0 atom stereocenters. The third-order valence-electron chi connectivity index (χ3n) is 4.61. The summed E-state index contributed by atoms with van der Waals surface area (Å²) in [5, 5.41) is 6.93. The highest BCUT2D eigenvalue weighted by atomic mass is 16.5. The van der Waals surface area contributed by atoms with Gasteiger partial charge in [-0.1, -0.05) is 50.8 Å². The Hall–Kier alpha value is -2.20. The van der Waals surface area contributed by atoms with Crippen LogP contribution in [0.25, 0.3) is 0 Å². The molecule has 0 aliphatic heterocycles. The van der Waals surface area contributed by atoms with Gasteiger partial charge in [0.2, 0.25) is 0 Å². The molecule has 0 saturated heterocycles. The molecule has 4 heteroatoms. The number of rotatable bonds is 15. The Kier molecular flexibility index (Phi) is 11.1. The Morgan fingerprint density at radius 1 is 0.862 bits per heavy atom. The third kappa shape index (κ3) is 10.2. The maximum absolute atomic E-state index is 5.88. The molecule has 0 fully saturated rings. The summed E-state index contributed by atoms with van der Waals surface area (Å²) in [6.45, 7) is 9.74. The van der Waals surface area contributed by atoms with Crippen LogP contribution in [0.4, 0.5) is 5.69 Å². The second-order valence-corrected chi connectivity index (χ2v) is 7.70. The molecule has 0 heterocycles. The predicted octanol–water partition coefficient (Wildman–Crippen LogP) is 6.02. The molecule has 0 radical (unpaired) electrons. The minimum Gasteiger partial charge on any atom is -0.494 e. The number of benzene rings is 2. The Morgan fingerprint density at radius 2 is 1.66 bits per heavy atom. The van der Waals surface area contributed by atoms with Crippen molar-refractivity contribution in [1.29, 1.82) is 0 Å². The van der Waals surface area contributed by atoms with E-state index in [9.17, 15) is 0 Å². The normalized spacial score (nSPS) is 10.9. The topological polar surface area (TPSA) is 42.5 Å². The zero-order valence-electron chi connectivity index (χ0n) is 18.4. The van der Waals surface area contributed by atoms with Gasteiger partial charge in [-0.05, 0) is 50.1 Å². The summed E-state index contributed by atoms with van der Waals surface area (Å²) in [7, 11) is 0. The minimum atomic E-state index is 0.208. The minimum absolute atomic E-state index is 0.208. The van der Waals surface area contributed by atoms with Crippen LogP contribution in [0.3, 0.4) is 0 Å². The van der Waals surface area contributed by atoms with Crippen LogP contribution in [0, 0.1) is 0 Å². The van der Waals surface area contributed by atoms with Crippen molar-refractivity contribution in [2.75, 3.05) is 25.0 Å². The van der Waals surface area contributed by atoms with Crippen LogP contribution < -0.4 is 20.1 Å². The predicted molar refractivity (Wildman–Crippen MR) is 123 cm³/mol. The average Bonchev–Trinajstić information content (AvgIpc) is 2.71. The first kappa shape index (κ1) is 23.1. The van der Waals surface area contributed by atoms with Crippen molar-refractivity contribution < 1.29 is 9.47 Å². The molecular weight excluding hydrogens is 360 g/mol. The molecule has 0 amide bonds. The van der Waals surface area contributed by atoms with Gasteiger partial charge in [0.25, 0.3) is 0 Å². The summed E-state index contributed by atoms with van der Waals surface area (Å²) in [6, 6.07) is 16.5. The maximum Gasteiger partial charge on any atom is 0.121 e. The Balaban J connectivity index is 1.60. The highest BCUT2D eigenvalue weighted by molar-refractivity contribution is 5.48. The summed E-state index contributed by atoms with van der Waals surface area (Å²) in [5.41, 5.74) is 2.36. The van der Waals surface area contributed by atoms with E-state index in [-0.39, 0.29) is 6.10 Å². The second-order valence-electron chi connectivity index (χ2n) is 7.70. The summed E-state index contributed by atoms with van der Waals surface area (Å²) in [4.78, 5) is 0. The van der Waals surface area contributed by atoms with Crippen LogP contribution in [-0.4, -0.2) is 25.8 Å². The summed E-state index contributed by atoms with van der Waals surface area (Å²) in [6.07, 6.45) is 6.51. The maximum atomic E-state index is 5.88. The van der Waals surface area contributed by atoms with E-state index >= 15 is 0 Å². The number of unbranched alkanes of at least 4 members (excludes halogenated alkanes) is 4. The van der Waals surface area contributed by atoms with E-state index in [2.05, 4.69) is 41.8 Å². The van der Waals surface area contributed by atoms with Crippen molar-refractivity contribution in [2.24, 2.45) is 0 Å². The first-order valence-corrected chi connectivity index (χ1v) is 11.1. The first-order chi connectivity index (χ1) is 14.2. The molecule has 2 aromatic carbocycles. The molecule has 0 bridgehead atoms. The van der Waals surface area contributed by atoms with Gasteiger partial charge in [0, 0.05) is 31.4 Å². The Bertz CT molecular complexity index is 671. The fraction of sp³-hybridized carbons (Fsp3) is 0.520. The van der Waals surface area contributed by atoms with Gasteiger partial charge in [-0.25, -0.2) is 0 Å². The highest BCUT2D eigenvalue weighted by Crippen LogP contribution is 2.18. The Labute approximate surface area is 177 Å². The van der Waals surface area contributed by atoms with Gasteiger partial charge in [-0.15, -0.1) is 0 Å². The zero-order chi connectivity index (χ0) is 20.7. The summed E-state index contributed by atoms with van der Waals surface area (Å²) in [5.74, 6) is 1.87.